The van der Waals surface area contributed by atoms with Crippen LogP contribution in [0.5, 0.6) is 0 Å². The van der Waals surface area contributed by atoms with Crippen LogP contribution in [0.15, 0.2) is 47.5 Å². The smallest absolute Gasteiger partial charge is 0.191 e. The van der Waals surface area contributed by atoms with Gasteiger partial charge in [0.1, 0.15) is 17.5 Å². The number of aliphatic imine (C=N–C) groups is 1. The van der Waals surface area contributed by atoms with Crippen LogP contribution in [0.1, 0.15) is 5.56 Å². The van der Waals surface area contributed by atoms with E-state index in [1.165, 1.54) is 12.1 Å². The van der Waals surface area contributed by atoms with Crippen molar-refractivity contribution in [2.75, 3.05) is 31.1 Å². The van der Waals surface area contributed by atoms with Crippen molar-refractivity contribution in [1.82, 2.24) is 4.90 Å². The highest BCUT2D eigenvalue weighted by molar-refractivity contribution is 14.0. The van der Waals surface area contributed by atoms with Crippen molar-refractivity contribution in [1.29, 1.82) is 0 Å². The molecule has 26 heavy (non-hydrogen) atoms. The quantitative estimate of drug-likeness (QED) is 0.420. The first kappa shape index (κ1) is 20.3. The molecule has 1 saturated heterocycles. The molecule has 1 fully saturated rings. The lowest BCUT2D eigenvalue weighted by atomic mass is 10.2. The molecular formula is C18H20F3IN4. The number of benzene rings is 2. The third-order valence-electron chi connectivity index (χ3n) is 4.21. The van der Waals surface area contributed by atoms with Crippen molar-refractivity contribution in [3.63, 3.8) is 0 Å². The summed E-state index contributed by atoms with van der Waals surface area (Å²) in [6, 6.07) is 9.64. The van der Waals surface area contributed by atoms with E-state index in [0.717, 1.165) is 37.0 Å². The predicted molar refractivity (Wildman–Crippen MR) is 107 cm³/mol. The van der Waals surface area contributed by atoms with Gasteiger partial charge >= 0.3 is 0 Å². The summed E-state index contributed by atoms with van der Waals surface area (Å²) in [6.45, 7) is 2.73. The van der Waals surface area contributed by atoms with Gasteiger partial charge < -0.3 is 15.5 Å². The van der Waals surface area contributed by atoms with Gasteiger partial charge in [0.2, 0.25) is 0 Å². The van der Waals surface area contributed by atoms with E-state index in [1.807, 2.05) is 4.90 Å². The zero-order chi connectivity index (χ0) is 17.8. The molecular weight excluding hydrogens is 456 g/mol. The molecule has 0 atom stereocenters. The lowest BCUT2D eigenvalue weighted by Gasteiger charge is -2.36. The van der Waals surface area contributed by atoms with Crippen LogP contribution in [-0.4, -0.2) is 37.0 Å². The normalized spacial score (nSPS) is 15.0. The van der Waals surface area contributed by atoms with Gasteiger partial charge in [-0.25, -0.2) is 18.2 Å². The summed E-state index contributed by atoms with van der Waals surface area (Å²) >= 11 is 0. The summed E-state index contributed by atoms with van der Waals surface area (Å²) < 4.78 is 39.8. The van der Waals surface area contributed by atoms with E-state index < -0.39 is 11.6 Å². The fourth-order valence-electron chi connectivity index (χ4n) is 2.78. The second-order valence-electron chi connectivity index (χ2n) is 5.86. The Labute approximate surface area is 167 Å². The number of piperazine rings is 1. The van der Waals surface area contributed by atoms with E-state index in [4.69, 9.17) is 5.73 Å². The Kier molecular flexibility index (Phi) is 7.13. The van der Waals surface area contributed by atoms with Crippen LogP contribution in [0, 0.1) is 17.5 Å². The van der Waals surface area contributed by atoms with Gasteiger partial charge in [0.25, 0.3) is 0 Å². The molecule has 0 amide bonds. The molecule has 4 nitrogen and oxygen atoms in total. The summed E-state index contributed by atoms with van der Waals surface area (Å²) in [5.41, 5.74) is 7.11. The van der Waals surface area contributed by atoms with Gasteiger partial charge in [0, 0.05) is 37.4 Å². The number of hydrogen-bond donors (Lipinski definition) is 1. The largest absolute Gasteiger partial charge is 0.370 e. The lowest BCUT2D eigenvalue weighted by molar-refractivity contribution is 0.380. The van der Waals surface area contributed by atoms with Crippen LogP contribution in [0.4, 0.5) is 18.9 Å². The summed E-state index contributed by atoms with van der Waals surface area (Å²) in [4.78, 5) is 8.21. The number of halogens is 4. The molecule has 0 saturated carbocycles. The van der Waals surface area contributed by atoms with Gasteiger partial charge in [-0.05, 0) is 42.5 Å². The maximum Gasteiger partial charge on any atom is 0.191 e. The zero-order valence-electron chi connectivity index (χ0n) is 14.0. The minimum atomic E-state index is -0.502. The van der Waals surface area contributed by atoms with Crippen LogP contribution in [0.2, 0.25) is 0 Å². The third-order valence-corrected chi connectivity index (χ3v) is 4.21. The third kappa shape index (κ3) is 5.03. The predicted octanol–water partition coefficient (Wildman–Crippen LogP) is 3.36. The fraction of sp³-hybridized carbons (Fsp3) is 0.278. The SMILES string of the molecule is I.NC(=NCc1cc(F)ccc1F)N1CCN(c2ccc(F)cc2)CC1. The van der Waals surface area contributed by atoms with E-state index in [0.29, 0.717) is 19.0 Å². The highest BCUT2D eigenvalue weighted by Crippen LogP contribution is 2.17. The topological polar surface area (TPSA) is 44.9 Å². The van der Waals surface area contributed by atoms with Crippen molar-refractivity contribution in [2.24, 2.45) is 10.7 Å². The van der Waals surface area contributed by atoms with E-state index in [2.05, 4.69) is 9.89 Å². The second-order valence-corrected chi connectivity index (χ2v) is 5.86. The van der Waals surface area contributed by atoms with Crippen molar-refractivity contribution < 1.29 is 13.2 Å². The first-order valence-corrected chi connectivity index (χ1v) is 8.02. The molecule has 2 aromatic carbocycles. The van der Waals surface area contributed by atoms with Gasteiger partial charge in [0.05, 0.1) is 6.54 Å². The molecule has 0 radical (unpaired) electrons. The standard InChI is InChI=1S/C18H19F3N4.HI/c19-14-1-4-16(5-2-14)24-7-9-25(10-8-24)18(22)23-12-13-11-15(20)3-6-17(13)21;/h1-6,11H,7-10,12H2,(H2,22,23);1H. The van der Waals surface area contributed by atoms with Crippen LogP contribution in [0.3, 0.4) is 0 Å². The summed E-state index contributed by atoms with van der Waals surface area (Å²) in [5.74, 6) is -0.956. The Balaban J connectivity index is 0.00000243. The average molecular weight is 476 g/mol. The number of guanidine groups is 1. The Hall–Kier alpha value is -1.97. The molecule has 0 unspecified atom stereocenters. The second kappa shape index (κ2) is 9.11. The molecule has 1 aliphatic rings. The Morgan fingerprint density at radius 2 is 1.54 bits per heavy atom. The first-order valence-electron chi connectivity index (χ1n) is 8.02. The lowest BCUT2D eigenvalue weighted by Crippen LogP contribution is -2.51. The molecule has 0 spiro atoms. The Morgan fingerprint density at radius 1 is 0.923 bits per heavy atom. The van der Waals surface area contributed by atoms with Crippen molar-refractivity contribution in [2.45, 2.75) is 6.54 Å². The summed E-state index contributed by atoms with van der Waals surface area (Å²) in [5, 5.41) is 0. The minimum absolute atomic E-state index is 0. The van der Waals surface area contributed by atoms with Crippen LogP contribution < -0.4 is 10.6 Å². The number of rotatable bonds is 3. The number of anilines is 1. The average Bonchev–Trinajstić information content (AvgIpc) is 2.63. The molecule has 2 N–H and O–H groups in total. The van der Waals surface area contributed by atoms with Crippen LogP contribution >= 0.6 is 24.0 Å². The molecule has 0 aromatic heterocycles. The molecule has 2 aromatic rings. The zero-order valence-corrected chi connectivity index (χ0v) is 16.4. The molecule has 8 heteroatoms. The molecule has 1 heterocycles. The van der Waals surface area contributed by atoms with Crippen molar-refractivity contribution >= 4 is 35.6 Å². The van der Waals surface area contributed by atoms with Gasteiger partial charge in [0.15, 0.2) is 5.96 Å². The Morgan fingerprint density at radius 3 is 2.19 bits per heavy atom. The van der Waals surface area contributed by atoms with Gasteiger partial charge in [-0.2, -0.15) is 0 Å². The van der Waals surface area contributed by atoms with Crippen LogP contribution in [0.25, 0.3) is 0 Å². The molecule has 140 valence electrons. The fourth-order valence-corrected chi connectivity index (χ4v) is 2.78. The monoisotopic (exact) mass is 476 g/mol. The van der Waals surface area contributed by atoms with E-state index in [9.17, 15) is 13.2 Å². The minimum Gasteiger partial charge on any atom is -0.370 e. The highest BCUT2D eigenvalue weighted by Gasteiger charge is 2.18. The van der Waals surface area contributed by atoms with Crippen molar-refractivity contribution in [3.8, 4) is 0 Å². The molecule has 0 bridgehead atoms. The summed E-state index contributed by atoms with van der Waals surface area (Å²) in [6.07, 6.45) is 0. The number of nitrogens with two attached hydrogens (primary N) is 1. The van der Waals surface area contributed by atoms with Gasteiger partial charge in [-0.3, -0.25) is 0 Å². The van der Waals surface area contributed by atoms with Gasteiger partial charge in [-0.15, -0.1) is 24.0 Å². The maximum absolute atomic E-state index is 13.6. The van der Waals surface area contributed by atoms with E-state index >= 15 is 0 Å². The number of hydrogen-bond acceptors (Lipinski definition) is 2. The van der Waals surface area contributed by atoms with Crippen LogP contribution in [-0.2, 0) is 6.54 Å². The van der Waals surface area contributed by atoms with Gasteiger partial charge in [-0.1, -0.05) is 0 Å². The first-order chi connectivity index (χ1) is 12.0. The maximum atomic E-state index is 13.6. The van der Waals surface area contributed by atoms with Crippen molar-refractivity contribution in [3.05, 3.63) is 65.5 Å². The highest BCUT2D eigenvalue weighted by atomic mass is 127. The molecule has 0 aliphatic carbocycles. The molecule has 1 aliphatic heterocycles. The summed E-state index contributed by atoms with van der Waals surface area (Å²) in [7, 11) is 0. The Bertz CT molecular complexity index is 760. The number of nitrogens with zero attached hydrogens (tertiary/aromatic N) is 3. The van der Waals surface area contributed by atoms with E-state index in [1.54, 1.807) is 12.1 Å². The molecule has 3 rings (SSSR count). The van der Waals surface area contributed by atoms with E-state index in [-0.39, 0.29) is 41.9 Å².